The third-order valence-corrected chi connectivity index (χ3v) is 5.82. The first-order chi connectivity index (χ1) is 11.3. The molecule has 0 bridgehead atoms. The van der Waals surface area contributed by atoms with Crippen molar-refractivity contribution in [3.05, 3.63) is 64.2 Å². The molecule has 0 fully saturated rings. The number of nitrogens with zero attached hydrogens (tertiary/aromatic N) is 2. The molecular formula is C16H18N2O5S. The van der Waals surface area contributed by atoms with Gasteiger partial charge in [0.25, 0.3) is 5.69 Å². The molecule has 0 aromatic heterocycles. The van der Waals surface area contributed by atoms with E-state index in [1.54, 1.807) is 19.1 Å². The molecule has 1 atom stereocenters. The summed E-state index contributed by atoms with van der Waals surface area (Å²) in [5.74, 6) is 0.222. The fourth-order valence-corrected chi connectivity index (χ4v) is 3.78. The maximum Gasteiger partial charge on any atom is 0.293 e. The molecular weight excluding hydrogens is 332 g/mol. The number of hydrogen-bond acceptors (Lipinski definition) is 5. The summed E-state index contributed by atoms with van der Waals surface area (Å²) >= 11 is 0. The molecule has 0 saturated heterocycles. The highest BCUT2D eigenvalue weighted by atomic mass is 32.2. The van der Waals surface area contributed by atoms with E-state index in [1.807, 2.05) is 18.2 Å². The van der Waals surface area contributed by atoms with Crippen LogP contribution >= 0.6 is 0 Å². The molecule has 7 nitrogen and oxygen atoms in total. The third kappa shape index (κ3) is 3.39. The Balaban J connectivity index is 2.48. The van der Waals surface area contributed by atoms with Gasteiger partial charge in [0, 0.05) is 13.1 Å². The van der Waals surface area contributed by atoms with Crippen molar-refractivity contribution in [2.45, 2.75) is 17.9 Å². The van der Waals surface area contributed by atoms with Gasteiger partial charge < -0.3 is 4.74 Å². The van der Waals surface area contributed by atoms with Gasteiger partial charge in [0.1, 0.15) is 5.75 Å². The molecule has 2 aromatic rings. The lowest BCUT2D eigenvalue weighted by atomic mass is 10.1. The van der Waals surface area contributed by atoms with Crippen molar-refractivity contribution in [3.8, 4) is 5.75 Å². The second-order valence-electron chi connectivity index (χ2n) is 5.20. The summed E-state index contributed by atoms with van der Waals surface area (Å²) in [6, 6.07) is 12.3. The van der Waals surface area contributed by atoms with Gasteiger partial charge in [0.05, 0.1) is 18.1 Å². The maximum absolute atomic E-state index is 12.9. The number of rotatable bonds is 6. The van der Waals surface area contributed by atoms with E-state index in [4.69, 9.17) is 4.74 Å². The summed E-state index contributed by atoms with van der Waals surface area (Å²) in [4.78, 5) is 10.2. The molecule has 24 heavy (non-hydrogen) atoms. The van der Waals surface area contributed by atoms with Gasteiger partial charge in [0.2, 0.25) is 10.0 Å². The molecule has 1 unspecified atom stereocenters. The molecule has 0 aliphatic carbocycles. The van der Waals surface area contributed by atoms with E-state index in [-0.39, 0.29) is 10.6 Å². The van der Waals surface area contributed by atoms with Crippen molar-refractivity contribution < 1.29 is 18.1 Å². The highest BCUT2D eigenvalue weighted by molar-refractivity contribution is 7.89. The predicted octanol–water partition coefficient (Wildman–Crippen LogP) is 2.99. The van der Waals surface area contributed by atoms with Gasteiger partial charge in [-0.3, -0.25) is 10.1 Å². The van der Waals surface area contributed by atoms with Gasteiger partial charge in [-0.25, -0.2) is 8.42 Å². The SMILES string of the molecule is COc1ccc(S(=O)(=O)N(C)C(C)c2ccccc2)c([N+](=O)[O-])c1. The second kappa shape index (κ2) is 6.98. The average molecular weight is 350 g/mol. The molecule has 0 N–H and O–H groups in total. The molecule has 2 aromatic carbocycles. The summed E-state index contributed by atoms with van der Waals surface area (Å²) in [5.41, 5.74) is 0.279. The van der Waals surface area contributed by atoms with Crippen LogP contribution in [0, 0.1) is 10.1 Å². The van der Waals surface area contributed by atoms with Gasteiger partial charge in [0.15, 0.2) is 4.90 Å². The van der Waals surface area contributed by atoms with E-state index in [0.29, 0.717) is 0 Å². The van der Waals surface area contributed by atoms with Gasteiger partial charge in [-0.05, 0) is 24.6 Å². The Labute approximate surface area is 140 Å². The molecule has 0 heterocycles. The van der Waals surface area contributed by atoms with Gasteiger partial charge in [-0.2, -0.15) is 4.31 Å². The number of nitro benzene ring substituents is 1. The molecule has 0 amide bonds. The first-order valence-electron chi connectivity index (χ1n) is 7.14. The monoisotopic (exact) mass is 350 g/mol. The fourth-order valence-electron chi connectivity index (χ4n) is 2.29. The fraction of sp³-hybridized carbons (Fsp3) is 0.250. The Hall–Kier alpha value is -2.45. The van der Waals surface area contributed by atoms with E-state index >= 15 is 0 Å². The zero-order valence-electron chi connectivity index (χ0n) is 13.5. The number of sulfonamides is 1. The van der Waals surface area contributed by atoms with Crippen molar-refractivity contribution in [1.82, 2.24) is 4.31 Å². The topological polar surface area (TPSA) is 89.8 Å². The normalized spacial score (nSPS) is 12.8. The van der Waals surface area contributed by atoms with Crippen LogP contribution in [0.25, 0.3) is 0 Å². The first kappa shape index (κ1) is 17.9. The molecule has 0 saturated carbocycles. The van der Waals surface area contributed by atoms with Gasteiger partial charge >= 0.3 is 0 Å². The minimum Gasteiger partial charge on any atom is -0.497 e. The largest absolute Gasteiger partial charge is 0.497 e. The van der Waals surface area contributed by atoms with Crippen molar-refractivity contribution in [3.63, 3.8) is 0 Å². The standard InChI is InChI=1S/C16H18N2O5S/c1-12(13-7-5-4-6-8-13)17(2)24(21,22)16-10-9-14(23-3)11-15(16)18(19)20/h4-12H,1-3H3. The summed E-state index contributed by atoms with van der Waals surface area (Å²) in [6.45, 7) is 1.72. The van der Waals surface area contributed by atoms with Crippen molar-refractivity contribution >= 4 is 15.7 Å². The third-order valence-electron chi connectivity index (χ3n) is 3.85. The Bertz CT molecular complexity index is 837. The summed E-state index contributed by atoms with van der Waals surface area (Å²) < 4.78 is 31.8. The van der Waals surface area contributed by atoms with Gasteiger partial charge in [-0.1, -0.05) is 30.3 Å². The van der Waals surface area contributed by atoms with Crippen molar-refractivity contribution in [2.24, 2.45) is 0 Å². The van der Waals surface area contributed by atoms with Crippen LogP contribution in [-0.2, 0) is 10.0 Å². The van der Waals surface area contributed by atoms with Crippen LogP contribution in [-0.4, -0.2) is 31.8 Å². The van der Waals surface area contributed by atoms with Crippen molar-refractivity contribution in [2.75, 3.05) is 14.2 Å². The molecule has 2 rings (SSSR count). The Morgan fingerprint density at radius 1 is 1.17 bits per heavy atom. The van der Waals surface area contributed by atoms with E-state index in [0.717, 1.165) is 15.9 Å². The molecule has 0 aliphatic heterocycles. The number of ether oxygens (including phenoxy) is 1. The maximum atomic E-state index is 12.9. The van der Waals surface area contributed by atoms with Gasteiger partial charge in [-0.15, -0.1) is 0 Å². The Morgan fingerprint density at radius 2 is 1.79 bits per heavy atom. The summed E-state index contributed by atoms with van der Waals surface area (Å²) in [6.07, 6.45) is 0. The summed E-state index contributed by atoms with van der Waals surface area (Å²) in [5, 5.41) is 11.3. The van der Waals surface area contributed by atoms with E-state index in [2.05, 4.69) is 0 Å². The molecule has 128 valence electrons. The summed E-state index contributed by atoms with van der Waals surface area (Å²) in [7, 11) is -1.29. The lowest BCUT2D eigenvalue weighted by Crippen LogP contribution is -2.30. The number of hydrogen-bond donors (Lipinski definition) is 0. The van der Waals surface area contributed by atoms with E-state index in [1.165, 1.54) is 26.3 Å². The average Bonchev–Trinajstić information content (AvgIpc) is 2.60. The lowest BCUT2D eigenvalue weighted by Gasteiger charge is -2.24. The lowest BCUT2D eigenvalue weighted by molar-refractivity contribution is -0.387. The van der Waals surface area contributed by atoms with Crippen LogP contribution < -0.4 is 4.74 Å². The molecule has 0 radical (unpaired) electrons. The van der Waals surface area contributed by atoms with E-state index < -0.39 is 26.7 Å². The predicted molar refractivity (Wildman–Crippen MR) is 89.5 cm³/mol. The number of benzene rings is 2. The van der Waals surface area contributed by atoms with Crippen LogP contribution in [0.3, 0.4) is 0 Å². The Kier molecular flexibility index (Phi) is 5.20. The quantitative estimate of drug-likeness (QED) is 0.590. The smallest absolute Gasteiger partial charge is 0.293 e. The minimum absolute atomic E-state index is 0.222. The molecule has 0 aliphatic rings. The van der Waals surface area contributed by atoms with Crippen LogP contribution in [0.5, 0.6) is 5.75 Å². The van der Waals surface area contributed by atoms with Crippen LogP contribution in [0.15, 0.2) is 53.4 Å². The zero-order valence-corrected chi connectivity index (χ0v) is 14.4. The number of methoxy groups -OCH3 is 1. The van der Waals surface area contributed by atoms with E-state index in [9.17, 15) is 18.5 Å². The first-order valence-corrected chi connectivity index (χ1v) is 8.58. The number of nitro groups is 1. The highest BCUT2D eigenvalue weighted by Gasteiger charge is 2.32. The van der Waals surface area contributed by atoms with Crippen LogP contribution in [0.2, 0.25) is 0 Å². The second-order valence-corrected chi connectivity index (χ2v) is 7.16. The van der Waals surface area contributed by atoms with Crippen LogP contribution in [0.1, 0.15) is 18.5 Å². The van der Waals surface area contributed by atoms with Crippen LogP contribution in [0.4, 0.5) is 5.69 Å². The Morgan fingerprint density at radius 3 is 2.33 bits per heavy atom. The van der Waals surface area contributed by atoms with Crippen molar-refractivity contribution in [1.29, 1.82) is 0 Å². The highest BCUT2D eigenvalue weighted by Crippen LogP contribution is 2.33. The zero-order chi connectivity index (χ0) is 17.9. The molecule has 0 spiro atoms. The minimum atomic E-state index is -4.05. The molecule has 8 heteroatoms.